The van der Waals surface area contributed by atoms with Gasteiger partial charge in [0.15, 0.2) is 0 Å². The third-order valence-electron chi connectivity index (χ3n) is 4.94. The van der Waals surface area contributed by atoms with Crippen LogP contribution in [-0.2, 0) is 17.7 Å². The zero-order valence-electron chi connectivity index (χ0n) is 17.0. The van der Waals surface area contributed by atoms with Crippen molar-refractivity contribution in [3.8, 4) is 5.75 Å². The van der Waals surface area contributed by atoms with Gasteiger partial charge in [0, 0.05) is 23.8 Å². The molecular formula is C21H27ClN2O4. The summed E-state index contributed by atoms with van der Waals surface area (Å²) < 4.78 is 11.1. The summed E-state index contributed by atoms with van der Waals surface area (Å²) in [5, 5.41) is 10.7. The van der Waals surface area contributed by atoms with Gasteiger partial charge >= 0.3 is 6.09 Å². The summed E-state index contributed by atoms with van der Waals surface area (Å²) in [6, 6.07) is 1.73. The molecule has 28 heavy (non-hydrogen) atoms. The highest BCUT2D eigenvalue weighted by Crippen LogP contribution is 2.43. The van der Waals surface area contributed by atoms with Gasteiger partial charge in [-0.2, -0.15) is 0 Å². The van der Waals surface area contributed by atoms with Gasteiger partial charge in [0.2, 0.25) is 0 Å². The standard InChI is InChI=1S/C21H27ClN2O4/c1-12-17-13(11-24(12)20(26)28-21(2,3)4)10-23-19-14(7-6-8-25)18(22)16(27-5)9-15(17)19/h9-10,12,25H,6-8,11H2,1-5H3/t12-/m0/s1. The first-order chi connectivity index (χ1) is 13.2. The number of carbonyl (C=O) groups excluding carboxylic acids is 1. The molecule has 1 aliphatic heterocycles. The van der Waals surface area contributed by atoms with Crippen molar-refractivity contribution in [1.82, 2.24) is 9.88 Å². The van der Waals surface area contributed by atoms with E-state index in [1.165, 1.54) is 0 Å². The first-order valence-corrected chi connectivity index (χ1v) is 9.83. The molecule has 0 aliphatic carbocycles. The van der Waals surface area contributed by atoms with Gasteiger partial charge in [-0.15, -0.1) is 0 Å². The van der Waals surface area contributed by atoms with Crippen molar-refractivity contribution in [3.63, 3.8) is 0 Å². The Bertz CT molecular complexity index is 908. The average molecular weight is 407 g/mol. The zero-order valence-corrected chi connectivity index (χ0v) is 17.8. The van der Waals surface area contributed by atoms with Crippen LogP contribution in [0, 0.1) is 0 Å². The molecule has 1 aromatic heterocycles. The summed E-state index contributed by atoms with van der Waals surface area (Å²) in [4.78, 5) is 19.0. The van der Waals surface area contributed by atoms with Gasteiger partial charge in [-0.3, -0.25) is 9.88 Å². The first-order valence-electron chi connectivity index (χ1n) is 9.45. The Kier molecular flexibility index (Phi) is 5.73. The number of nitrogens with zero attached hydrogens (tertiary/aromatic N) is 2. The molecule has 0 spiro atoms. The van der Waals surface area contributed by atoms with E-state index in [1.807, 2.05) is 40.0 Å². The van der Waals surface area contributed by atoms with Gasteiger partial charge in [0.25, 0.3) is 0 Å². The Balaban J connectivity index is 2.10. The summed E-state index contributed by atoms with van der Waals surface area (Å²) in [6.07, 6.45) is 2.65. The summed E-state index contributed by atoms with van der Waals surface area (Å²) in [5.74, 6) is 0.570. The lowest BCUT2D eigenvalue weighted by molar-refractivity contribution is 0.0188. The maximum absolute atomic E-state index is 12.7. The van der Waals surface area contributed by atoms with Gasteiger partial charge < -0.3 is 14.6 Å². The molecule has 6 nitrogen and oxygen atoms in total. The fourth-order valence-electron chi connectivity index (χ4n) is 3.69. The van der Waals surface area contributed by atoms with Crippen LogP contribution in [0.3, 0.4) is 0 Å². The Morgan fingerprint density at radius 3 is 2.75 bits per heavy atom. The van der Waals surface area contributed by atoms with Crippen molar-refractivity contribution in [1.29, 1.82) is 0 Å². The molecule has 2 heterocycles. The number of rotatable bonds is 4. The van der Waals surface area contributed by atoms with Gasteiger partial charge in [0.1, 0.15) is 11.4 Å². The minimum Gasteiger partial charge on any atom is -0.495 e. The van der Waals surface area contributed by atoms with Gasteiger partial charge in [-0.05, 0) is 57.7 Å². The zero-order chi connectivity index (χ0) is 20.6. The number of hydrogen-bond acceptors (Lipinski definition) is 5. The SMILES string of the molecule is COc1cc2c3c(cnc2c(CCCO)c1Cl)CN(C(=O)OC(C)(C)C)[C@H]3C. The molecule has 0 saturated carbocycles. The number of aliphatic hydroxyl groups is 1. The van der Waals surface area contributed by atoms with Crippen LogP contribution in [-0.4, -0.2) is 40.4 Å². The maximum atomic E-state index is 12.7. The van der Waals surface area contributed by atoms with Crippen molar-refractivity contribution >= 4 is 28.6 Å². The van der Waals surface area contributed by atoms with Crippen LogP contribution in [0.2, 0.25) is 5.02 Å². The number of benzene rings is 1. The molecule has 0 bridgehead atoms. The monoisotopic (exact) mass is 406 g/mol. The van der Waals surface area contributed by atoms with Crippen LogP contribution in [0.1, 0.15) is 56.8 Å². The highest BCUT2D eigenvalue weighted by atomic mass is 35.5. The van der Waals surface area contributed by atoms with Crippen LogP contribution in [0.25, 0.3) is 10.9 Å². The average Bonchev–Trinajstić information content (AvgIpc) is 2.96. The number of hydrogen-bond donors (Lipinski definition) is 1. The number of fused-ring (bicyclic) bond motifs is 3. The summed E-state index contributed by atoms with van der Waals surface area (Å²) in [5.41, 5.74) is 3.12. The number of aryl methyl sites for hydroxylation is 1. The molecule has 0 radical (unpaired) electrons. The molecule has 3 rings (SSSR count). The number of ether oxygens (including phenoxy) is 2. The van der Waals surface area contributed by atoms with Crippen LogP contribution in [0.15, 0.2) is 12.3 Å². The van der Waals surface area contributed by atoms with Crippen LogP contribution < -0.4 is 4.74 Å². The van der Waals surface area contributed by atoms with Crippen LogP contribution in [0.4, 0.5) is 4.79 Å². The van der Waals surface area contributed by atoms with Gasteiger partial charge in [-0.1, -0.05) is 11.6 Å². The van der Waals surface area contributed by atoms with Gasteiger partial charge in [-0.25, -0.2) is 4.79 Å². The van der Waals surface area contributed by atoms with E-state index in [-0.39, 0.29) is 18.7 Å². The molecule has 1 aromatic carbocycles. The number of aromatic nitrogens is 1. The smallest absolute Gasteiger partial charge is 0.411 e. The molecule has 1 aliphatic rings. The minimum atomic E-state index is -0.555. The third kappa shape index (κ3) is 3.76. The molecule has 152 valence electrons. The highest BCUT2D eigenvalue weighted by molar-refractivity contribution is 6.34. The van der Waals surface area contributed by atoms with Crippen molar-refractivity contribution < 1.29 is 19.4 Å². The number of pyridine rings is 1. The normalized spacial score (nSPS) is 16.4. The van der Waals surface area contributed by atoms with Crippen LogP contribution in [0.5, 0.6) is 5.75 Å². The van der Waals surface area contributed by atoms with Crippen molar-refractivity contribution in [2.75, 3.05) is 13.7 Å². The number of carbonyl (C=O) groups is 1. The minimum absolute atomic E-state index is 0.0722. The Labute approximate surface area is 170 Å². The van der Waals surface area contributed by atoms with Crippen LogP contribution >= 0.6 is 11.6 Å². The second-order valence-corrected chi connectivity index (χ2v) is 8.45. The fourth-order valence-corrected chi connectivity index (χ4v) is 4.00. The van der Waals surface area contributed by atoms with E-state index in [1.54, 1.807) is 12.0 Å². The second kappa shape index (κ2) is 7.76. The summed E-state index contributed by atoms with van der Waals surface area (Å²) in [7, 11) is 1.58. The topological polar surface area (TPSA) is 71.9 Å². The van der Waals surface area contributed by atoms with E-state index in [0.29, 0.717) is 30.2 Å². The predicted molar refractivity (Wildman–Crippen MR) is 109 cm³/mol. The van der Waals surface area contributed by atoms with E-state index in [9.17, 15) is 9.90 Å². The molecule has 2 aromatic rings. The van der Waals surface area contributed by atoms with E-state index in [2.05, 4.69) is 4.98 Å². The molecule has 0 saturated heterocycles. The largest absolute Gasteiger partial charge is 0.495 e. The molecule has 1 N–H and O–H groups in total. The van der Waals surface area contributed by atoms with Crippen molar-refractivity contribution in [2.24, 2.45) is 0 Å². The van der Waals surface area contributed by atoms with E-state index < -0.39 is 5.60 Å². The lowest BCUT2D eigenvalue weighted by Gasteiger charge is -2.27. The van der Waals surface area contributed by atoms with Crippen molar-refractivity contribution in [2.45, 2.75) is 58.7 Å². The molecular weight excluding hydrogens is 380 g/mol. The lowest BCUT2D eigenvalue weighted by Crippen LogP contribution is -2.35. The molecule has 0 fully saturated rings. The number of aliphatic hydroxyl groups excluding tert-OH is 1. The highest BCUT2D eigenvalue weighted by Gasteiger charge is 2.35. The third-order valence-corrected chi connectivity index (χ3v) is 5.36. The Morgan fingerprint density at radius 2 is 2.14 bits per heavy atom. The quantitative estimate of drug-likeness (QED) is 0.801. The van der Waals surface area contributed by atoms with E-state index >= 15 is 0 Å². The summed E-state index contributed by atoms with van der Waals surface area (Å²) >= 11 is 6.53. The second-order valence-electron chi connectivity index (χ2n) is 8.08. The molecule has 0 unspecified atom stereocenters. The Morgan fingerprint density at radius 1 is 1.43 bits per heavy atom. The first kappa shape index (κ1) is 20.7. The molecule has 1 amide bonds. The molecule has 7 heteroatoms. The number of amides is 1. The Hall–Kier alpha value is -2.05. The van der Waals surface area contributed by atoms with Gasteiger partial charge in [0.05, 0.1) is 30.2 Å². The fraction of sp³-hybridized carbons (Fsp3) is 0.524. The van der Waals surface area contributed by atoms with E-state index in [0.717, 1.165) is 27.6 Å². The predicted octanol–water partition coefficient (Wildman–Crippen LogP) is 4.63. The van der Waals surface area contributed by atoms with Crippen molar-refractivity contribution in [3.05, 3.63) is 34.0 Å². The summed E-state index contributed by atoms with van der Waals surface area (Å²) in [6.45, 7) is 8.08. The number of halogens is 1. The maximum Gasteiger partial charge on any atom is 0.411 e. The molecule has 1 atom stereocenters. The number of methoxy groups -OCH3 is 1. The van der Waals surface area contributed by atoms with E-state index in [4.69, 9.17) is 21.1 Å². The lowest BCUT2D eigenvalue weighted by atomic mass is 9.97.